The molecule has 2 aromatic rings. The average Bonchev–Trinajstić information content (AvgIpc) is 2.94. The van der Waals surface area contributed by atoms with E-state index in [2.05, 4.69) is 59.8 Å². The summed E-state index contributed by atoms with van der Waals surface area (Å²) in [5.41, 5.74) is 4.32. The van der Waals surface area contributed by atoms with Crippen molar-refractivity contribution in [3.63, 3.8) is 0 Å². The Morgan fingerprint density at radius 3 is 2.67 bits per heavy atom. The summed E-state index contributed by atoms with van der Waals surface area (Å²) in [6, 6.07) is 11.9. The van der Waals surface area contributed by atoms with Crippen molar-refractivity contribution >= 4 is 11.3 Å². The number of thiophene rings is 1. The van der Waals surface area contributed by atoms with E-state index in [1.54, 1.807) is 4.88 Å². The Kier molecular flexibility index (Phi) is 4.73. The lowest BCUT2D eigenvalue weighted by molar-refractivity contribution is 0.247. The molecule has 0 saturated carbocycles. The van der Waals surface area contributed by atoms with Crippen LogP contribution in [0.5, 0.6) is 0 Å². The molecule has 3 heteroatoms. The molecule has 0 saturated heterocycles. The zero-order chi connectivity index (χ0) is 14.7. The fourth-order valence-corrected chi connectivity index (χ4v) is 3.67. The summed E-state index contributed by atoms with van der Waals surface area (Å²) in [6.45, 7) is 8.68. The Hall–Kier alpha value is -1.16. The highest BCUT2D eigenvalue weighted by molar-refractivity contribution is 7.10. The second-order valence-corrected chi connectivity index (χ2v) is 7.18. The third-order valence-corrected chi connectivity index (χ3v) is 5.05. The molecule has 1 aromatic carbocycles. The van der Waals surface area contributed by atoms with Gasteiger partial charge >= 0.3 is 0 Å². The molecule has 0 aliphatic carbocycles. The normalized spacial score (nSPS) is 15.4. The Bertz CT molecular complexity index is 571. The van der Waals surface area contributed by atoms with Gasteiger partial charge in [0.25, 0.3) is 0 Å². The lowest BCUT2D eigenvalue weighted by atomic mass is 10.1. The van der Waals surface area contributed by atoms with Gasteiger partial charge in [-0.15, -0.1) is 11.3 Å². The molecule has 0 unspecified atom stereocenters. The molecule has 2 heterocycles. The van der Waals surface area contributed by atoms with Gasteiger partial charge in [0.2, 0.25) is 0 Å². The van der Waals surface area contributed by atoms with E-state index in [1.807, 2.05) is 11.3 Å². The third kappa shape index (κ3) is 3.94. The maximum Gasteiger partial charge on any atom is 0.0248 e. The summed E-state index contributed by atoms with van der Waals surface area (Å²) >= 11 is 1.91. The van der Waals surface area contributed by atoms with Crippen molar-refractivity contribution in [2.45, 2.75) is 45.9 Å². The fraction of sp³-hybridized carbons (Fsp3) is 0.444. The van der Waals surface area contributed by atoms with E-state index in [0.29, 0.717) is 6.04 Å². The minimum atomic E-state index is 0.540. The number of hydrogen-bond donors (Lipinski definition) is 1. The standard InChI is InChI=1S/C18H24N2S/c1-14(2)19-11-15-3-5-16(6-4-15)12-20-9-7-18-17(13-20)8-10-21-18/h3-6,8,10,14,19H,7,9,11-13H2,1-2H3. The smallest absolute Gasteiger partial charge is 0.0248 e. The summed E-state index contributed by atoms with van der Waals surface area (Å²) in [5.74, 6) is 0. The molecule has 0 radical (unpaired) electrons. The SMILES string of the molecule is CC(C)NCc1ccc(CN2CCc3sccc3C2)cc1. The van der Waals surface area contributed by atoms with Crippen molar-refractivity contribution in [2.24, 2.45) is 0 Å². The molecule has 3 rings (SSSR count). The van der Waals surface area contributed by atoms with Crippen LogP contribution in [0.4, 0.5) is 0 Å². The number of hydrogen-bond acceptors (Lipinski definition) is 3. The van der Waals surface area contributed by atoms with Crippen LogP contribution in [0.25, 0.3) is 0 Å². The molecule has 0 atom stereocenters. The van der Waals surface area contributed by atoms with E-state index in [1.165, 1.54) is 29.7 Å². The van der Waals surface area contributed by atoms with Gasteiger partial charge in [0.1, 0.15) is 0 Å². The molecule has 0 spiro atoms. The van der Waals surface area contributed by atoms with Crippen molar-refractivity contribution in [3.05, 3.63) is 57.3 Å². The van der Waals surface area contributed by atoms with Crippen LogP contribution in [-0.4, -0.2) is 17.5 Å². The molecule has 112 valence electrons. The monoisotopic (exact) mass is 300 g/mol. The van der Waals surface area contributed by atoms with Gasteiger partial charge in [-0.1, -0.05) is 38.1 Å². The Balaban J connectivity index is 1.56. The molecule has 1 aliphatic heterocycles. The van der Waals surface area contributed by atoms with Crippen LogP contribution in [0.2, 0.25) is 0 Å². The summed E-state index contributed by atoms with van der Waals surface area (Å²) in [6.07, 6.45) is 1.21. The molecule has 1 N–H and O–H groups in total. The highest BCUT2D eigenvalue weighted by Gasteiger charge is 2.16. The van der Waals surface area contributed by atoms with Gasteiger partial charge in [-0.3, -0.25) is 4.90 Å². The van der Waals surface area contributed by atoms with Crippen molar-refractivity contribution in [1.29, 1.82) is 0 Å². The summed E-state index contributed by atoms with van der Waals surface area (Å²) in [5, 5.41) is 5.69. The first-order valence-corrected chi connectivity index (χ1v) is 8.67. The lowest BCUT2D eigenvalue weighted by Gasteiger charge is -2.26. The van der Waals surface area contributed by atoms with E-state index >= 15 is 0 Å². The van der Waals surface area contributed by atoms with Gasteiger partial charge in [-0.2, -0.15) is 0 Å². The van der Waals surface area contributed by atoms with E-state index in [0.717, 1.165) is 19.6 Å². The fourth-order valence-electron chi connectivity index (χ4n) is 2.78. The largest absolute Gasteiger partial charge is 0.310 e. The molecule has 21 heavy (non-hydrogen) atoms. The molecule has 0 bridgehead atoms. The van der Waals surface area contributed by atoms with Crippen LogP contribution < -0.4 is 5.32 Å². The van der Waals surface area contributed by atoms with E-state index in [4.69, 9.17) is 0 Å². The van der Waals surface area contributed by atoms with Crippen LogP contribution in [-0.2, 0) is 26.1 Å². The Labute approximate surface area is 131 Å². The van der Waals surface area contributed by atoms with Crippen LogP contribution in [0.15, 0.2) is 35.7 Å². The quantitative estimate of drug-likeness (QED) is 0.903. The minimum Gasteiger partial charge on any atom is -0.310 e. The second-order valence-electron chi connectivity index (χ2n) is 6.18. The van der Waals surface area contributed by atoms with Crippen molar-refractivity contribution < 1.29 is 0 Å². The van der Waals surface area contributed by atoms with E-state index < -0.39 is 0 Å². The number of nitrogens with zero attached hydrogens (tertiary/aromatic N) is 1. The number of fused-ring (bicyclic) bond motifs is 1. The highest BCUT2D eigenvalue weighted by atomic mass is 32.1. The van der Waals surface area contributed by atoms with E-state index in [9.17, 15) is 0 Å². The zero-order valence-electron chi connectivity index (χ0n) is 12.9. The van der Waals surface area contributed by atoms with Crippen LogP contribution in [0.3, 0.4) is 0 Å². The maximum atomic E-state index is 3.46. The summed E-state index contributed by atoms with van der Waals surface area (Å²) < 4.78 is 0. The lowest BCUT2D eigenvalue weighted by Crippen LogP contribution is -2.29. The topological polar surface area (TPSA) is 15.3 Å². The third-order valence-electron chi connectivity index (χ3n) is 4.03. The first-order chi connectivity index (χ1) is 10.2. The van der Waals surface area contributed by atoms with E-state index in [-0.39, 0.29) is 0 Å². The van der Waals surface area contributed by atoms with Gasteiger partial charge < -0.3 is 5.32 Å². The van der Waals surface area contributed by atoms with Crippen molar-refractivity contribution in [1.82, 2.24) is 10.2 Å². The summed E-state index contributed by atoms with van der Waals surface area (Å²) in [7, 11) is 0. The maximum absolute atomic E-state index is 3.46. The molecule has 2 nitrogen and oxygen atoms in total. The molecule has 0 amide bonds. The van der Waals surface area contributed by atoms with Gasteiger partial charge in [0, 0.05) is 37.1 Å². The van der Waals surface area contributed by atoms with Gasteiger partial charge in [-0.25, -0.2) is 0 Å². The average molecular weight is 300 g/mol. The number of nitrogens with one attached hydrogen (secondary N) is 1. The Morgan fingerprint density at radius 1 is 1.14 bits per heavy atom. The van der Waals surface area contributed by atoms with Crippen molar-refractivity contribution in [3.8, 4) is 0 Å². The highest BCUT2D eigenvalue weighted by Crippen LogP contribution is 2.25. The summed E-state index contributed by atoms with van der Waals surface area (Å²) in [4.78, 5) is 4.14. The molecular formula is C18H24N2S. The van der Waals surface area contributed by atoms with Crippen molar-refractivity contribution in [2.75, 3.05) is 6.54 Å². The van der Waals surface area contributed by atoms with Gasteiger partial charge in [-0.05, 0) is 34.6 Å². The predicted molar refractivity (Wildman–Crippen MR) is 90.6 cm³/mol. The van der Waals surface area contributed by atoms with Gasteiger partial charge in [0.05, 0.1) is 0 Å². The number of benzene rings is 1. The van der Waals surface area contributed by atoms with Crippen LogP contribution in [0, 0.1) is 0 Å². The molecule has 0 fully saturated rings. The molecular weight excluding hydrogens is 276 g/mol. The minimum absolute atomic E-state index is 0.540. The van der Waals surface area contributed by atoms with Gasteiger partial charge in [0.15, 0.2) is 0 Å². The first-order valence-electron chi connectivity index (χ1n) is 7.79. The van der Waals surface area contributed by atoms with Crippen LogP contribution in [0.1, 0.15) is 35.4 Å². The number of rotatable bonds is 5. The predicted octanol–water partition coefficient (Wildman–Crippen LogP) is 3.80. The molecule has 1 aromatic heterocycles. The first kappa shape index (κ1) is 14.8. The molecule has 1 aliphatic rings. The van der Waals surface area contributed by atoms with Crippen LogP contribution >= 0.6 is 11.3 Å². The Morgan fingerprint density at radius 2 is 1.90 bits per heavy atom. The second kappa shape index (κ2) is 6.73. The zero-order valence-corrected chi connectivity index (χ0v) is 13.7.